The molecular weight excluding hydrogens is 324 g/mol. The summed E-state index contributed by atoms with van der Waals surface area (Å²) >= 11 is 0. The molecule has 0 aliphatic carbocycles. The number of hydrogen-bond acceptors (Lipinski definition) is 6. The van der Waals surface area contributed by atoms with Gasteiger partial charge in [0.15, 0.2) is 6.23 Å². The number of nitrogens with one attached hydrogen (secondary N) is 1. The molecular formula is C17H20N4O4. The third-order valence-electron chi connectivity index (χ3n) is 3.95. The molecule has 2 aromatic rings. The summed E-state index contributed by atoms with van der Waals surface area (Å²) in [6.45, 7) is 0.989. The third-order valence-corrected chi connectivity index (χ3v) is 3.95. The summed E-state index contributed by atoms with van der Waals surface area (Å²) in [7, 11) is 1.89. The zero-order valence-corrected chi connectivity index (χ0v) is 13.8. The van der Waals surface area contributed by atoms with Gasteiger partial charge >= 0.3 is 5.69 Å². The number of amides is 1. The highest BCUT2D eigenvalue weighted by molar-refractivity contribution is 6.03. The van der Waals surface area contributed by atoms with Crippen LogP contribution in [0.4, 0.5) is 5.82 Å². The van der Waals surface area contributed by atoms with Crippen LogP contribution in [0.1, 0.15) is 16.6 Å². The monoisotopic (exact) mass is 344 g/mol. The number of nitrogens with zero attached hydrogens (tertiary/aromatic N) is 3. The lowest BCUT2D eigenvalue weighted by Crippen LogP contribution is -2.47. The number of morpholine rings is 1. The molecule has 1 aromatic carbocycles. The van der Waals surface area contributed by atoms with Crippen LogP contribution < -0.4 is 11.0 Å². The van der Waals surface area contributed by atoms with Gasteiger partial charge < -0.3 is 15.2 Å². The van der Waals surface area contributed by atoms with Crippen LogP contribution in [0.5, 0.6) is 0 Å². The normalized spacial score (nSPS) is 21.0. The zero-order valence-electron chi connectivity index (χ0n) is 13.8. The Morgan fingerprint density at radius 1 is 1.32 bits per heavy atom. The molecule has 2 N–H and O–H groups in total. The molecule has 1 aliphatic heterocycles. The second-order valence-electron chi connectivity index (χ2n) is 5.94. The van der Waals surface area contributed by atoms with E-state index in [1.807, 2.05) is 18.0 Å². The molecule has 1 saturated heterocycles. The Labute approximate surface area is 144 Å². The molecule has 0 saturated carbocycles. The average Bonchev–Trinajstić information content (AvgIpc) is 2.62. The molecule has 0 radical (unpaired) electrons. The highest BCUT2D eigenvalue weighted by atomic mass is 16.5. The van der Waals surface area contributed by atoms with Gasteiger partial charge in [0, 0.05) is 24.8 Å². The van der Waals surface area contributed by atoms with Crippen molar-refractivity contribution in [3.8, 4) is 0 Å². The van der Waals surface area contributed by atoms with Crippen molar-refractivity contribution >= 4 is 11.7 Å². The summed E-state index contributed by atoms with van der Waals surface area (Å²) in [4.78, 5) is 30.3. The molecule has 2 unspecified atom stereocenters. The minimum absolute atomic E-state index is 0.117. The maximum Gasteiger partial charge on any atom is 0.351 e. The molecule has 132 valence electrons. The number of ether oxygens (including phenoxy) is 1. The second kappa shape index (κ2) is 7.56. The number of carbonyl (C=O) groups is 1. The standard InChI is InChI=1S/C17H20N4O4/c1-20-9-13(11-22)25-15(10-20)21-8-7-14(19-17(21)24)18-16(23)12-5-3-2-4-6-12/h2-8,13,15,22H,9-11H2,1H3,(H,18,19,23,24). The first-order valence-electron chi connectivity index (χ1n) is 7.97. The van der Waals surface area contributed by atoms with Crippen LogP contribution in [0.3, 0.4) is 0 Å². The first-order chi connectivity index (χ1) is 12.1. The molecule has 2 heterocycles. The first kappa shape index (κ1) is 17.3. The van der Waals surface area contributed by atoms with Crippen LogP contribution in [0.25, 0.3) is 0 Å². The Morgan fingerprint density at radius 3 is 2.76 bits per heavy atom. The van der Waals surface area contributed by atoms with Crippen LogP contribution in [-0.4, -0.2) is 58.3 Å². The predicted molar refractivity (Wildman–Crippen MR) is 91.4 cm³/mol. The van der Waals surface area contributed by atoms with E-state index in [0.29, 0.717) is 18.7 Å². The topological polar surface area (TPSA) is 96.7 Å². The molecule has 8 nitrogen and oxygen atoms in total. The van der Waals surface area contributed by atoms with E-state index in [-0.39, 0.29) is 24.4 Å². The Kier molecular flexibility index (Phi) is 5.22. The minimum atomic E-state index is -0.533. The Hall–Kier alpha value is -2.55. The van der Waals surface area contributed by atoms with Crippen LogP contribution >= 0.6 is 0 Å². The van der Waals surface area contributed by atoms with Crippen molar-refractivity contribution < 1.29 is 14.6 Å². The van der Waals surface area contributed by atoms with Gasteiger partial charge in [-0.25, -0.2) is 4.79 Å². The number of anilines is 1. The Bertz CT molecular complexity index is 793. The van der Waals surface area contributed by atoms with Gasteiger partial charge in [-0.2, -0.15) is 4.98 Å². The van der Waals surface area contributed by atoms with Gasteiger partial charge in [-0.3, -0.25) is 14.3 Å². The number of benzene rings is 1. The highest BCUT2D eigenvalue weighted by Crippen LogP contribution is 2.17. The summed E-state index contributed by atoms with van der Waals surface area (Å²) < 4.78 is 7.06. The summed E-state index contributed by atoms with van der Waals surface area (Å²) in [5.41, 5.74) is -0.0423. The number of aliphatic hydroxyl groups is 1. The fraction of sp³-hybridized carbons (Fsp3) is 0.353. The summed E-state index contributed by atoms with van der Waals surface area (Å²) in [5.74, 6) is -0.155. The maximum absolute atomic E-state index is 12.3. The quantitative estimate of drug-likeness (QED) is 0.829. The van der Waals surface area contributed by atoms with Crippen LogP contribution in [-0.2, 0) is 4.74 Å². The van der Waals surface area contributed by atoms with Crippen molar-refractivity contribution in [3.05, 3.63) is 58.6 Å². The van der Waals surface area contributed by atoms with E-state index < -0.39 is 11.9 Å². The SMILES string of the molecule is CN1CC(CO)OC(n2ccc(NC(=O)c3ccccc3)nc2=O)C1. The van der Waals surface area contributed by atoms with Gasteiger partial charge in [0.2, 0.25) is 0 Å². The molecule has 0 bridgehead atoms. The molecule has 2 atom stereocenters. The van der Waals surface area contributed by atoms with Crippen LogP contribution in [0.15, 0.2) is 47.4 Å². The largest absolute Gasteiger partial charge is 0.394 e. The van der Waals surface area contributed by atoms with E-state index in [9.17, 15) is 14.7 Å². The number of rotatable bonds is 4. The smallest absolute Gasteiger partial charge is 0.351 e. The molecule has 1 fully saturated rings. The first-order valence-corrected chi connectivity index (χ1v) is 7.97. The molecule has 1 amide bonds. The van der Waals surface area contributed by atoms with Gasteiger partial charge in [-0.1, -0.05) is 18.2 Å². The van der Waals surface area contributed by atoms with E-state index in [4.69, 9.17) is 4.74 Å². The van der Waals surface area contributed by atoms with Crippen molar-refractivity contribution in [1.82, 2.24) is 14.5 Å². The number of aliphatic hydroxyl groups excluding tert-OH is 1. The molecule has 8 heteroatoms. The summed E-state index contributed by atoms with van der Waals surface area (Å²) in [6.07, 6.45) is 0.650. The number of likely N-dealkylation sites (N-methyl/N-ethyl adjacent to an activating group) is 1. The lowest BCUT2D eigenvalue weighted by Gasteiger charge is -2.35. The number of aromatic nitrogens is 2. The zero-order chi connectivity index (χ0) is 17.8. The maximum atomic E-state index is 12.3. The lowest BCUT2D eigenvalue weighted by molar-refractivity contribution is -0.130. The van der Waals surface area contributed by atoms with Crippen LogP contribution in [0.2, 0.25) is 0 Å². The number of hydrogen-bond donors (Lipinski definition) is 2. The molecule has 0 spiro atoms. The van der Waals surface area contributed by atoms with Crippen molar-refractivity contribution in [3.63, 3.8) is 0 Å². The number of carbonyl (C=O) groups excluding carboxylic acids is 1. The van der Waals surface area contributed by atoms with E-state index in [1.165, 1.54) is 10.8 Å². The summed E-state index contributed by atoms with van der Waals surface area (Å²) in [6, 6.07) is 10.2. The second-order valence-corrected chi connectivity index (χ2v) is 5.94. The van der Waals surface area contributed by atoms with Gasteiger partial charge in [-0.05, 0) is 25.2 Å². The third kappa shape index (κ3) is 4.11. The van der Waals surface area contributed by atoms with Crippen LogP contribution in [0, 0.1) is 0 Å². The molecule has 3 rings (SSSR count). The van der Waals surface area contributed by atoms with Gasteiger partial charge in [0.05, 0.1) is 12.7 Å². The van der Waals surface area contributed by atoms with Crippen molar-refractivity contribution in [1.29, 1.82) is 0 Å². The van der Waals surface area contributed by atoms with E-state index in [1.54, 1.807) is 30.3 Å². The Morgan fingerprint density at radius 2 is 2.08 bits per heavy atom. The fourth-order valence-corrected chi connectivity index (χ4v) is 2.73. The van der Waals surface area contributed by atoms with E-state index >= 15 is 0 Å². The van der Waals surface area contributed by atoms with Gasteiger partial charge in [-0.15, -0.1) is 0 Å². The average molecular weight is 344 g/mol. The van der Waals surface area contributed by atoms with Crippen molar-refractivity contribution in [2.75, 3.05) is 32.1 Å². The van der Waals surface area contributed by atoms with E-state index in [2.05, 4.69) is 10.3 Å². The Balaban J connectivity index is 1.75. The van der Waals surface area contributed by atoms with Crippen molar-refractivity contribution in [2.24, 2.45) is 0 Å². The molecule has 25 heavy (non-hydrogen) atoms. The van der Waals surface area contributed by atoms with Gasteiger partial charge in [0.1, 0.15) is 5.82 Å². The van der Waals surface area contributed by atoms with E-state index in [0.717, 1.165) is 0 Å². The predicted octanol–water partition coefficient (Wildman–Crippen LogP) is 0.317. The fourth-order valence-electron chi connectivity index (χ4n) is 2.73. The molecule has 1 aliphatic rings. The molecule has 1 aromatic heterocycles. The van der Waals surface area contributed by atoms with Crippen molar-refractivity contribution in [2.45, 2.75) is 12.3 Å². The highest BCUT2D eigenvalue weighted by Gasteiger charge is 2.27. The summed E-state index contributed by atoms with van der Waals surface area (Å²) in [5, 5.41) is 11.9. The van der Waals surface area contributed by atoms with Gasteiger partial charge in [0.25, 0.3) is 5.91 Å². The lowest BCUT2D eigenvalue weighted by atomic mass is 10.2. The minimum Gasteiger partial charge on any atom is -0.394 e.